The first-order chi connectivity index (χ1) is 12.0. The molecule has 0 fully saturated rings. The molecule has 0 radical (unpaired) electrons. The summed E-state index contributed by atoms with van der Waals surface area (Å²) in [5.74, 6) is -0.793. The number of nitrogens with zero attached hydrogens (tertiary/aromatic N) is 3. The molecule has 7 nitrogen and oxygen atoms in total. The quantitative estimate of drug-likeness (QED) is 0.862. The Hall–Kier alpha value is -2.45. The lowest BCUT2D eigenvalue weighted by atomic mass is 10.0. The van der Waals surface area contributed by atoms with Crippen molar-refractivity contribution in [3.05, 3.63) is 58.1 Å². The average Bonchev–Trinajstić information content (AvgIpc) is 3.10. The van der Waals surface area contributed by atoms with Crippen LogP contribution in [0.5, 0.6) is 0 Å². The lowest BCUT2D eigenvalue weighted by Gasteiger charge is -2.20. The summed E-state index contributed by atoms with van der Waals surface area (Å²) in [4.78, 5) is 12.8. The summed E-state index contributed by atoms with van der Waals surface area (Å²) in [5, 5.41) is 14.7. The molecule has 0 bridgehead atoms. The second kappa shape index (κ2) is 5.82. The van der Waals surface area contributed by atoms with Crippen molar-refractivity contribution in [2.24, 2.45) is 5.16 Å². The highest BCUT2D eigenvalue weighted by atomic mass is 35.5. The minimum absolute atomic E-state index is 0.148. The summed E-state index contributed by atoms with van der Waals surface area (Å²) < 4.78 is 25.5. The second-order valence-corrected chi connectivity index (χ2v) is 7.88. The van der Waals surface area contributed by atoms with Gasteiger partial charge in [-0.05, 0) is 0 Å². The Balaban J connectivity index is 1.96. The van der Waals surface area contributed by atoms with Crippen molar-refractivity contribution in [2.45, 2.75) is 12.2 Å². The molecule has 0 saturated heterocycles. The fraction of sp³-hybridized carbons (Fsp3) is 0.188. The van der Waals surface area contributed by atoms with Gasteiger partial charge in [-0.25, -0.2) is 13.4 Å². The molecule has 0 unspecified atom stereocenters. The van der Waals surface area contributed by atoms with E-state index in [0.717, 1.165) is 0 Å². The van der Waals surface area contributed by atoms with E-state index in [1.807, 2.05) is 0 Å². The van der Waals surface area contributed by atoms with Crippen molar-refractivity contribution in [1.29, 1.82) is 0 Å². The monoisotopic (exact) mass is 377 g/mol. The van der Waals surface area contributed by atoms with E-state index in [-0.39, 0.29) is 32.6 Å². The van der Waals surface area contributed by atoms with E-state index in [1.165, 1.54) is 12.4 Å². The topological polar surface area (TPSA) is 102 Å². The molecule has 3 heterocycles. The molecule has 0 aliphatic carbocycles. The highest BCUT2D eigenvalue weighted by Crippen LogP contribution is 2.40. The zero-order chi connectivity index (χ0) is 17.6. The minimum Gasteiger partial charge on any atom is -0.504 e. The molecule has 0 amide bonds. The average molecular weight is 378 g/mol. The second-order valence-electron chi connectivity index (χ2n) is 5.58. The van der Waals surface area contributed by atoms with Crippen LogP contribution in [-0.2, 0) is 20.4 Å². The molecule has 1 N–H and O–H groups in total. The van der Waals surface area contributed by atoms with E-state index in [2.05, 4.69) is 15.1 Å². The fourth-order valence-electron chi connectivity index (χ4n) is 2.90. The van der Waals surface area contributed by atoms with Gasteiger partial charge in [0.15, 0.2) is 15.6 Å². The first-order valence-corrected chi connectivity index (χ1v) is 9.46. The summed E-state index contributed by atoms with van der Waals surface area (Å²) in [6.07, 6.45) is 3.36. The maximum Gasteiger partial charge on any atom is 0.188 e. The Morgan fingerprint density at radius 1 is 1.16 bits per heavy atom. The van der Waals surface area contributed by atoms with Gasteiger partial charge in [-0.2, -0.15) is 0 Å². The summed E-state index contributed by atoms with van der Waals surface area (Å²) in [7, 11) is -3.83. The van der Waals surface area contributed by atoms with Crippen molar-refractivity contribution in [2.75, 3.05) is 6.61 Å². The van der Waals surface area contributed by atoms with Crippen LogP contribution in [0.4, 0.5) is 0 Å². The third-order valence-electron chi connectivity index (χ3n) is 4.01. The Kier molecular flexibility index (Phi) is 3.73. The van der Waals surface area contributed by atoms with Crippen LogP contribution in [0.15, 0.2) is 35.7 Å². The molecule has 9 heteroatoms. The predicted octanol–water partition coefficient (Wildman–Crippen LogP) is 2.57. The van der Waals surface area contributed by atoms with Crippen LogP contribution in [-0.4, -0.2) is 35.8 Å². The van der Waals surface area contributed by atoms with Crippen LogP contribution in [0.2, 0.25) is 5.02 Å². The minimum atomic E-state index is -3.83. The lowest BCUT2D eigenvalue weighted by Crippen LogP contribution is -2.18. The van der Waals surface area contributed by atoms with Crippen molar-refractivity contribution in [3.8, 4) is 0 Å². The molecule has 2 aliphatic heterocycles. The predicted molar refractivity (Wildman–Crippen MR) is 92.7 cm³/mol. The number of oxime groups is 1. The molecule has 128 valence electrons. The van der Waals surface area contributed by atoms with E-state index in [1.54, 1.807) is 18.2 Å². The van der Waals surface area contributed by atoms with Crippen molar-refractivity contribution < 1.29 is 18.4 Å². The van der Waals surface area contributed by atoms with Gasteiger partial charge in [0.25, 0.3) is 0 Å². The molecule has 4 rings (SSSR count). The van der Waals surface area contributed by atoms with Crippen LogP contribution in [0.1, 0.15) is 28.9 Å². The Morgan fingerprint density at radius 2 is 1.92 bits per heavy atom. The van der Waals surface area contributed by atoms with Gasteiger partial charge in [0, 0.05) is 29.9 Å². The first-order valence-electron chi connectivity index (χ1n) is 7.43. The third kappa shape index (κ3) is 2.58. The molecular weight excluding hydrogens is 366 g/mol. The molecule has 2 aliphatic rings. The highest BCUT2D eigenvalue weighted by molar-refractivity contribution is 8.00. The van der Waals surface area contributed by atoms with E-state index >= 15 is 0 Å². The number of sulfone groups is 1. The van der Waals surface area contributed by atoms with Gasteiger partial charge < -0.3 is 9.94 Å². The van der Waals surface area contributed by atoms with Gasteiger partial charge >= 0.3 is 0 Å². The molecule has 0 spiro atoms. The van der Waals surface area contributed by atoms with Crippen molar-refractivity contribution >= 4 is 37.8 Å². The fourth-order valence-corrected chi connectivity index (χ4v) is 4.90. The normalized spacial score (nSPS) is 18.5. The Bertz CT molecular complexity index is 1050. The maximum absolute atomic E-state index is 12.7. The van der Waals surface area contributed by atoms with Gasteiger partial charge in [-0.3, -0.25) is 4.98 Å². The zero-order valence-corrected chi connectivity index (χ0v) is 14.4. The van der Waals surface area contributed by atoms with Gasteiger partial charge in [0.1, 0.15) is 17.2 Å². The van der Waals surface area contributed by atoms with Gasteiger partial charge in [-0.1, -0.05) is 35.0 Å². The Labute approximate surface area is 148 Å². The molecule has 0 saturated carbocycles. The van der Waals surface area contributed by atoms with Crippen molar-refractivity contribution in [1.82, 2.24) is 9.97 Å². The molecule has 2 aromatic rings. The summed E-state index contributed by atoms with van der Waals surface area (Å²) in [6, 6.07) is 4.95. The number of hydrogen-bond acceptors (Lipinski definition) is 7. The summed E-state index contributed by atoms with van der Waals surface area (Å²) >= 11 is 6.46. The van der Waals surface area contributed by atoms with Gasteiger partial charge in [0.2, 0.25) is 0 Å². The van der Waals surface area contributed by atoms with E-state index in [4.69, 9.17) is 16.4 Å². The number of aliphatic hydroxyl groups is 1. The molecule has 25 heavy (non-hydrogen) atoms. The zero-order valence-electron chi connectivity index (χ0n) is 12.8. The number of aromatic nitrogens is 2. The molecule has 1 aromatic carbocycles. The number of aliphatic hydroxyl groups excluding tert-OH is 1. The van der Waals surface area contributed by atoms with E-state index in [9.17, 15) is 13.5 Å². The number of rotatable bonds is 2. The van der Waals surface area contributed by atoms with E-state index < -0.39 is 15.6 Å². The van der Waals surface area contributed by atoms with Crippen LogP contribution >= 0.6 is 11.6 Å². The summed E-state index contributed by atoms with van der Waals surface area (Å²) in [6.45, 7) is 0.450. The van der Waals surface area contributed by atoms with Crippen LogP contribution in [0, 0.1) is 0 Å². The van der Waals surface area contributed by atoms with Crippen LogP contribution in [0.3, 0.4) is 0 Å². The highest BCUT2D eigenvalue weighted by Gasteiger charge is 2.35. The van der Waals surface area contributed by atoms with Crippen LogP contribution in [0.25, 0.3) is 10.7 Å². The summed E-state index contributed by atoms with van der Waals surface area (Å²) in [5.41, 5.74) is 1.79. The SMILES string of the molecule is O=S1(=O)Cc2nccnc2C(O)=C1c1cccc(C2=NOCC2)c1Cl. The standard InChI is InChI=1S/C16H12ClN3O4S/c17-13-9(11-4-7-24-20-11)2-1-3-10(13)16-15(21)14-12(8-25(16,22)23)18-5-6-19-14/h1-3,5-6,21H,4,7-8H2. The Morgan fingerprint density at radius 3 is 2.68 bits per heavy atom. The van der Waals surface area contributed by atoms with Gasteiger partial charge in [0.05, 0.1) is 22.2 Å². The molecule has 1 aromatic heterocycles. The van der Waals surface area contributed by atoms with Crippen molar-refractivity contribution in [3.63, 3.8) is 0 Å². The number of fused-ring (bicyclic) bond motifs is 1. The molecular formula is C16H12ClN3O4S. The number of halogens is 1. The smallest absolute Gasteiger partial charge is 0.188 e. The van der Waals surface area contributed by atoms with E-state index in [0.29, 0.717) is 24.3 Å². The molecule has 0 atom stereocenters. The number of hydrogen-bond donors (Lipinski definition) is 1. The number of benzene rings is 1. The van der Waals surface area contributed by atoms with Crippen LogP contribution < -0.4 is 0 Å². The lowest BCUT2D eigenvalue weighted by molar-refractivity contribution is 0.174. The maximum atomic E-state index is 12.7. The third-order valence-corrected chi connectivity index (χ3v) is 6.11. The first kappa shape index (κ1) is 16.0. The largest absolute Gasteiger partial charge is 0.504 e. The van der Waals surface area contributed by atoms with Gasteiger partial charge in [-0.15, -0.1) is 0 Å².